The minimum Gasteiger partial charge on any atom is -0.307 e. The van der Waals surface area contributed by atoms with Crippen LogP contribution in [0.15, 0.2) is 11.6 Å². The fourth-order valence-electron chi connectivity index (χ4n) is 1.25. The van der Waals surface area contributed by atoms with Gasteiger partial charge >= 0.3 is 0 Å². The van der Waals surface area contributed by atoms with Crippen LogP contribution in [0.1, 0.15) is 27.7 Å². The SMILES string of the molecule is CCN(CC)C[SiH2]CC=C(C)C. The van der Waals surface area contributed by atoms with Crippen molar-refractivity contribution in [3.05, 3.63) is 11.6 Å². The number of hydrogen-bond acceptors (Lipinski definition) is 1. The maximum Gasteiger partial charge on any atom is 0.0407 e. The van der Waals surface area contributed by atoms with Crippen molar-refractivity contribution < 1.29 is 0 Å². The van der Waals surface area contributed by atoms with E-state index in [0.717, 1.165) is 0 Å². The first-order valence-corrected chi connectivity index (χ1v) is 7.06. The molecule has 0 bridgehead atoms. The Morgan fingerprint density at radius 2 is 1.83 bits per heavy atom. The van der Waals surface area contributed by atoms with Crippen molar-refractivity contribution in [3.63, 3.8) is 0 Å². The third kappa shape index (κ3) is 6.62. The summed E-state index contributed by atoms with van der Waals surface area (Å²) < 4.78 is 0. The minimum absolute atomic E-state index is 0.149. The zero-order chi connectivity index (χ0) is 9.40. The Labute approximate surface area is 79.7 Å². The Bertz CT molecular complexity index is 124. The predicted molar refractivity (Wildman–Crippen MR) is 60.6 cm³/mol. The summed E-state index contributed by atoms with van der Waals surface area (Å²) >= 11 is 0. The van der Waals surface area contributed by atoms with Crippen LogP contribution in [0, 0.1) is 0 Å². The summed E-state index contributed by atoms with van der Waals surface area (Å²) in [6, 6.07) is 1.37. The maximum atomic E-state index is 2.53. The van der Waals surface area contributed by atoms with Crippen LogP contribution < -0.4 is 0 Å². The highest BCUT2D eigenvalue weighted by Crippen LogP contribution is 1.93. The molecule has 0 heterocycles. The van der Waals surface area contributed by atoms with Crippen LogP contribution in [-0.4, -0.2) is 33.7 Å². The van der Waals surface area contributed by atoms with Crippen LogP contribution in [0.5, 0.6) is 0 Å². The highest BCUT2D eigenvalue weighted by atomic mass is 28.2. The summed E-state index contributed by atoms with van der Waals surface area (Å²) in [5, 5.41) is 0. The van der Waals surface area contributed by atoms with Crippen molar-refractivity contribution in [2.24, 2.45) is 0 Å². The van der Waals surface area contributed by atoms with Crippen LogP contribution in [0.25, 0.3) is 0 Å². The van der Waals surface area contributed by atoms with E-state index in [-0.39, 0.29) is 9.52 Å². The monoisotopic (exact) mass is 185 g/mol. The Hall–Kier alpha value is -0.0831. The van der Waals surface area contributed by atoms with Crippen molar-refractivity contribution in [2.75, 3.05) is 19.3 Å². The van der Waals surface area contributed by atoms with Crippen molar-refractivity contribution in [1.29, 1.82) is 0 Å². The quantitative estimate of drug-likeness (QED) is 0.347. The van der Waals surface area contributed by atoms with E-state index in [1.807, 2.05) is 0 Å². The predicted octanol–water partition coefficient (Wildman–Crippen LogP) is 1.84. The number of rotatable bonds is 6. The van der Waals surface area contributed by atoms with Gasteiger partial charge in [0.15, 0.2) is 0 Å². The van der Waals surface area contributed by atoms with Gasteiger partial charge in [-0.05, 0) is 39.1 Å². The Morgan fingerprint density at radius 3 is 2.25 bits per heavy atom. The molecular formula is C10H23NSi. The molecule has 0 N–H and O–H groups in total. The first-order valence-electron chi connectivity index (χ1n) is 5.06. The van der Waals surface area contributed by atoms with Crippen LogP contribution in [0.3, 0.4) is 0 Å². The molecule has 0 aliphatic heterocycles. The van der Waals surface area contributed by atoms with Crippen molar-refractivity contribution in [2.45, 2.75) is 33.7 Å². The Kier molecular flexibility index (Phi) is 7.51. The van der Waals surface area contributed by atoms with Gasteiger partial charge in [-0.2, -0.15) is 0 Å². The van der Waals surface area contributed by atoms with Gasteiger partial charge in [0.05, 0.1) is 0 Å². The summed E-state index contributed by atoms with van der Waals surface area (Å²) in [5.41, 5.74) is 1.47. The molecule has 2 heteroatoms. The van der Waals surface area contributed by atoms with E-state index in [1.165, 1.54) is 30.9 Å². The van der Waals surface area contributed by atoms with Crippen molar-refractivity contribution in [1.82, 2.24) is 4.90 Å². The fraction of sp³-hybridized carbons (Fsp3) is 0.800. The topological polar surface area (TPSA) is 3.24 Å². The lowest BCUT2D eigenvalue weighted by molar-refractivity contribution is 0.352. The van der Waals surface area contributed by atoms with E-state index >= 15 is 0 Å². The molecule has 0 saturated carbocycles. The van der Waals surface area contributed by atoms with Gasteiger partial charge in [0.1, 0.15) is 0 Å². The minimum atomic E-state index is 0.149. The second kappa shape index (κ2) is 7.56. The van der Waals surface area contributed by atoms with Gasteiger partial charge in [0.2, 0.25) is 0 Å². The number of hydrogen-bond donors (Lipinski definition) is 0. The van der Waals surface area contributed by atoms with Crippen LogP contribution in [0.4, 0.5) is 0 Å². The second-order valence-corrected chi connectivity index (χ2v) is 5.18. The van der Waals surface area contributed by atoms with Crippen molar-refractivity contribution in [3.8, 4) is 0 Å². The summed E-state index contributed by atoms with van der Waals surface area (Å²) in [4.78, 5) is 2.53. The van der Waals surface area contributed by atoms with Crippen LogP contribution in [0.2, 0.25) is 6.04 Å². The molecule has 0 aliphatic carbocycles. The third-order valence-corrected chi connectivity index (χ3v) is 3.77. The number of nitrogens with zero attached hydrogens (tertiary/aromatic N) is 1. The molecule has 72 valence electrons. The lowest BCUT2D eigenvalue weighted by Gasteiger charge is -2.16. The van der Waals surface area contributed by atoms with Crippen LogP contribution in [-0.2, 0) is 0 Å². The number of allylic oxidation sites excluding steroid dienone is 2. The maximum absolute atomic E-state index is 2.53. The molecule has 0 aromatic rings. The lowest BCUT2D eigenvalue weighted by Crippen LogP contribution is -2.27. The van der Waals surface area contributed by atoms with Gasteiger partial charge < -0.3 is 4.90 Å². The summed E-state index contributed by atoms with van der Waals surface area (Å²) in [5.74, 6) is 0. The van der Waals surface area contributed by atoms with Gasteiger partial charge in [0, 0.05) is 9.52 Å². The van der Waals surface area contributed by atoms with E-state index < -0.39 is 0 Å². The fourth-order valence-corrected chi connectivity index (χ4v) is 3.29. The largest absolute Gasteiger partial charge is 0.307 e. The van der Waals surface area contributed by atoms with E-state index in [1.54, 1.807) is 0 Å². The lowest BCUT2D eigenvalue weighted by atomic mass is 10.3. The molecule has 0 rings (SSSR count). The van der Waals surface area contributed by atoms with Gasteiger partial charge in [-0.3, -0.25) is 0 Å². The van der Waals surface area contributed by atoms with E-state index in [4.69, 9.17) is 0 Å². The first-order chi connectivity index (χ1) is 5.70. The van der Waals surface area contributed by atoms with Gasteiger partial charge in [-0.1, -0.05) is 25.5 Å². The summed E-state index contributed by atoms with van der Waals surface area (Å²) in [6.07, 6.45) is 3.77. The third-order valence-electron chi connectivity index (χ3n) is 2.13. The molecule has 0 aromatic carbocycles. The molecule has 1 nitrogen and oxygen atoms in total. The van der Waals surface area contributed by atoms with E-state index in [9.17, 15) is 0 Å². The molecule has 0 atom stereocenters. The smallest absolute Gasteiger partial charge is 0.0407 e. The van der Waals surface area contributed by atoms with E-state index in [2.05, 4.69) is 38.7 Å². The molecule has 0 spiro atoms. The molecule has 0 fully saturated rings. The highest BCUT2D eigenvalue weighted by Gasteiger charge is 1.96. The van der Waals surface area contributed by atoms with E-state index in [0.29, 0.717) is 0 Å². The van der Waals surface area contributed by atoms with Gasteiger partial charge in [0.25, 0.3) is 0 Å². The average molecular weight is 185 g/mol. The second-order valence-electron chi connectivity index (χ2n) is 3.45. The molecule has 12 heavy (non-hydrogen) atoms. The Balaban J connectivity index is 3.35. The summed E-state index contributed by atoms with van der Waals surface area (Å²) in [7, 11) is 0.149. The average Bonchev–Trinajstić information content (AvgIpc) is 2.04. The molecule has 0 saturated heterocycles. The first kappa shape index (κ1) is 11.9. The molecular weight excluding hydrogens is 162 g/mol. The van der Waals surface area contributed by atoms with Crippen LogP contribution >= 0.6 is 0 Å². The van der Waals surface area contributed by atoms with Crippen molar-refractivity contribution >= 4 is 9.52 Å². The standard InChI is InChI=1S/C10H23NSi/c1-5-11(6-2)9-12-8-7-10(3)4/h7H,5-6,8-9,12H2,1-4H3. The summed E-state index contributed by atoms with van der Waals surface area (Å²) in [6.45, 7) is 11.3. The zero-order valence-electron chi connectivity index (χ0n) is 9.06. The molecule has 0 amide bonds. The highest BCUT2D eigenvalue weighted by molar-refractivity contribution is 6.36. The molecule has 0 aliphatic rings. The molecule has 0 radical (unpaired) electrons. The zero-order valence-corrected chi connectivity index (χ0v) is 10.5. The normalized spacial score (nSPS) is 11.4. The van der Waals surface area contributed by atoms with Gasteiger partial charge in [-0.15, -0.1) is 0 Å². The van der Waals surface area contributed by atoms with Gasteiger partial charge in [-0.25, -0.2) is 0 Å². The molecule has 0 unspecified atom stereocenters. The Morgan fingerprint density at radius 1 is 1.25 bits per heavy atom. The molecule has 0 aromatic heterocycles.